The van der Waals surface area contributed by atoms with Crippen molar-refractivity contribution in [3.8, 4) is 11.1 Å². The highest BCUT2D eigenvalue weighted by Gasteiger charge is 2.25. The first-order valence-electron chi connectivity index (χ1n) is 11.7. The number of benzene rings is 2. The van der Waals surface area contributed by atoms with Gasteiger partial charge in [-0.25, -0.2) is 0 Å². The van der Waals surface area contributed by atoms with Gasteiger partial charge < -0.3 is 15.1 Å². The summed E-state index contributed by atoms with van der Waals surface area (Å²) in [6.07, 6.45) is 7.80. The smallest absolute Gasteiger partial charge is 0.251 e. The van der Waals surface area contributed by atoms with Crippen molar-refractivity contribution >= 4 is 5.91 Å². The maximum Gasteiger partial charge on any atom is 0.251 e. The molecule has 0 spiro atoms. The van der Waals surface area contributed by atoms with Crippen LogP contribution in [0.5, 0.6) is 0 Å². The molecule has 0 bridgehead atoms. The second-order valence-electron chi connectivity index (χ2n) is 8.73. The zero-order valence-electron chi connectivity index (χ0n) is 18.1. The molecule has 1 amide bonds. The summed E-state index contributed by atoms with van der Waals surface area (Å²) in [5.74, 6) is 0.0246. The van der Waals surface area contributed by atoms with E-state index in [0.29, 0.717) is 0 Å². The minimum atomic E-state index is 0.0246. The van der Waals surface area contributed by atoms with Crippen molar-refractivity contribution in [3.05, 3.63) is 60.2 Å². The van der Waals surface area contributed by atoms with Crippen LogP contribution in [0.1, 0.15) is 48.9 Å². The lowest BCUT2D eigenvalue weighted by Gasteiger charge is -2.40. The van der Waals surface area contributed by atoms with Crippen molar-refractivity contribution in [1.82, 2.24) is 15.1 Å². The fourth-order valence-corrected chi connectivity index (χ4v) is 4.87. The number of hydrogen-bond donors (Lipinski definition) is 1. The van der Waals surface area contributed by atoms with Crippen LogP contribution < -0.4 is 5.32 Å². The lowest BCUT2D eigenvalue weighted by Crippen LogP contribution is -2.47. The molecule has 1 N–H and O–H groups in total. The van der Waals surface area contributed by atoms with Crippen LogP contribution in [0, 0.1) is 0 Å². The largest absolute Gasteiger partial charge is 0.352 e. The summed E-state index contributed by atoms with van der Waals surface area (Å²) in [5.41, 5.74) is 2.96. The van der Waals surface area contributed by atoms with Gasteiger partial charge in [-0.3, -0.25) is 4.79 Å². The predicted molar refractivity (Wildman–Crippen MR) is 124 cm³/mol. The van der Waals surface area contributed by atoms with Crippen LogP contribution in [-0.2, 0) is 0 Å². The molecule has 2 aliphatic heterocycles. The van der Waals surface area contributed by atoms with E-state index in [-0.39, 0.29) is 5.91 Å². The van der Waals surface area contributed by atoms with Crippen molar-refractivity contribution in [2.75, 3.05) is 39.3 Å². The molecular formula is C26H35N3O. The highest BCUT2D eigenvalue weighted by molar-refractivity contribution is 5.95. The highest BCUT2D eigenvalue weighted by atomic mass is 16.1. The molecule has 2 aromatic rings. The Hall–Kier alpha value is -2.17. The SMILES string of the molecule is O=C(NCCCN1CCC(N2CCCCC2)CC1)c1cccc(-c2ccccc2)c1. The van der Waals surface area contributed by atoms with Gasteiger partial charge in [-0.1, -0.05) is 48.9 Å². The Kier molecular flexibility index (Phi) is 7.54. The third-order valence-electron chi connectivity index (χ3n) is 6.63. The molecule has 4 heteroatoms. The first kappa shape index (κ1) is 21.1. The van der Waals surface area contributed by atoms with Crippen LogP contribution in [0.4, 0.5) is 0 Å². The zero-order chi connectivity index (χ0) is 20.6. The summed E-state index contributed by atoms with van der Waals surface area (Å²) in [7, 11) is 0. The Morgan fingerprint density at radius 3 is 2.37 bits per heavy atom. The molecule has 4 rings (SSSR count). The van der Waals surface area contributed by atoms with Crippen molar-refractivity contribution < 1.29 is 4.79 Å². The third-order valence-corrected chi connectivity index (χ3v) is 6.63. The molecule has 2 fully saturated rings. The van der Waals surface area contributed by atoms with Gasteiger partial charge in [0.25, 0.3) is 5.91 Å². The maximum atomic E-state index is 12.6. The number of hydrogen-bond acceptors (Lipinski definition) is 3. The Balaban J connectivity index is 1.17. The van der Waals surface area contributed by atoms with Crippen molar-refractivity contribution in [3.63, 3.8) is 0 Å². The zero-order valence-corrected chi connectivity index (χ0v) is 18.1. The van der Waals surface area contributed by atoms with Crippen molar-refractivity contribution in [2.24, 2.45) is 0 Å². The second kappa shape index (κ2) is 10.7. The minimum Gasteiger partial charge on any atom is -0.352 e. The van der Waals surface area contributed by atoms with E-state index in [2.05, 4.69) is 33.3 Å². The lowest BCUT2D eigenvalue weighted by atomic mass is 10.00. The van der Waals surface area contributed by atoms with Gasteiger partial charge in [0.05, 0.1) is 0 Å². The number of carbonyl (C=O) groups excluding carboxylic acids is 1. The Morgan fingerprint density at radius 1 is 0.867 bits per heavy atom. The molecule has 0 radical (unpaired) electrons. The molecule has 2 heterocycles. The first-order chi connectivity index (χ1) is 14.8. The van der Waals surface area contributed by atoms with E-state index in [1.54, 1.807) is 0 Å². The Labute approximate surface area is 181 Å². The van der Waals surface area contributed by atoms with Gasteiger partial charge in [0.2, 0.25) is 0 Å². The van der Waals surface area contributed by atoms with Gasteiger partial charge in [0, 0.05) is 18.2 Å². The van der Waals surface area contributed by atoms with Crippen LogP contribution in [0.25, 0.3) is 11.1 Å². The average Bonchev–Trinajstić information content (AvgIpc) is 2.83. The molecule has 0 aromatic heterocycles. The molecule has 0 aliphatic carbocycles. The lowest BCUT2D eigenvalue weighted by molar-refractivity contribution is 0.0903. The van der Waals surface area contributed by atoms with Gasteiger partial charge in [-0.05, 0) is 88.1 Å². The van der Waals surface area contributed by atoms with Crippen LogP contribution in [0.15, 0.2) is 54.6 Å². The summed E-state index contributed by atoms with van der Waals surface area (Å²) >= 11 is 0. The van der Waals surface area contributed by atoms with Gasteiger partial charge >= 0.3 is 0 Å². The van der Waals surface area contributed by atoms with Gasteiger partial charge in [0.1, 0.15) is 0 Å². The summed E-state index contributed by atoms with van der Waals surface area (Å²) in [6.45, 7) is 6.84. The summed E-state index contributed by atoms with van der Waals surface area (Å²) in [6, 6.07) is 18.9. The molecule has 2 aromatic carbocycles. The van der Waals surface area contributed by atoms with Gasteiger partial charge in [-0.15, -0.1) is 0 Å². The summed E-state index contributed by atoms with van der Waals surface area (Å²) in [5, 5.41) is 3.10. The number of amides is 1. The number of piperidine rings is 2. The van der Waals surface area contributed by atoms with E-state index >= 15 is 0 Å². The fourth-order valence-electron chi connectivity index (χ4n) is 4.87. The van der Waals surface area contributed by atoms with Crippen LogP contribution in [0.2, 0.25) is 0 Å². The first-order valence-corrected chi connectivity index (χ1v) is 11.7. The van der Waals surface area contributed by atoms with E-state index in [1.807, 2.05) is 36.4 Å². The molecule has 30 heavy (non-hydrogen) atoms. The van der Waals surface area contributed by atoms with E-state index in [1.165, 1.54) is 58.3 Å². The molecule has 0 atom stereocenters. The second-order valence-corrected chi connectivity index (χ2v) is 8.73. The van der Waals surface area contributed by atoms with Crippen LogP contribution in [-0.4, -0.2) is 61.0 Å². The highest BCUT2D eigenvalue weighted by Crippen LogP contribution is 2.21. The van der Waals surface area contributed by atoms with Crippen molar-refractivity contribution in [2.45, 2.75) is 44.6 Å². The van der Waals surface area contributed by atoms with E-state index in [4.69, 9.17) is 0 Å². The molecule has 2 saturated heterocycles. The summed E-state index contributed by atoms with van der Waals surface area (Å²) < 4.78 is 0. The monoisotopic (exact) mass is 405 g/mol. The topological polar surface area (TPSA) is 35.6 Å². The fraction of sp³-hybridized carbons (Fsp3) is 0.500. The predicted octanol–water partition coefficient (Wildman–Crippen LogP) is 4.42. The number of nitrogens with zero attached hydrogens (tertiary/aromatic N) is 2. The third kappa shape index (κ3) is 5.71. The molecule has 2 aliphatic rings. The van der Waals surface area contributed by atoms with E-state index < -0.39 is 0 Å². The normalized spacial score (nSPS) is 18.9. The number of likely N-dealkylation sites (tertiary alicyclic amines) is 2. The Morgan fingerprint density at radius 2 is 1.60 bits per heavy atom. The molecular weight excluding hydrogens is 370 g/mol. The van der Waals surface area contributed by atoms with Crippen LogP contribution in [0.3, 0.4) is 0 Å². The molecule has 0 saturated carbocycles. The maximum absolute atomic E-state index is 12.6. The standard InChI is InChI=1S/C26H35N3O/c30-26(24-12-7-11-23(21-24)22-9-3-1-4-10-22)27-15-8-16-28-19-13-25(14-20-28)29-17-5-2-6-18-29/h1,3-4,7,9-12,21,25H,2,5-6,8,13-20H2,(H,27,30). The van der Waals surface area contributed by atoms with Crippen molar-refractivity contribution in [1.29, 1.82) is 0 Å². The van der Waals surface area contributed by atoms with E-state index in [9.17, 15) is 4.79 Å². The minimum absolute atomic E-state index is 0.0246. The number of nitrogens with one attached hydrogen (secondary N) is 1. The average molecular weight is 406 g/mol. The van der Waals surface area contributed by atoms with Gasteiger partial charge in [0.15, 0.2) is 0 Å². The molecule has 4 nitrogen and oxygen atoms in total. The number of carbonyl (C=O) groups is 1. The van der Waals surface area contributed by atoms with E-state index in [0.717, 1.165) is 42.2 Å². The van der Waals surface area contributed by atoms with Crippen LogP contribution >= 0.6 is 0 Å². The van der Waals surface area contributed by atoms with Gasteiger partial charge in [-0.2, -0.15) is 0 Å². The summed E-state index contributed by atoms with van der Waals surface area (Å²) in [4.78, 5) is 17.9. The number of rotatable bonds is 7. The Bertz CT molecular complexity index is 793. The molecule has 160 valence electrons. The molecule has 0 unspecified atom stereocenters. The quantitative estimate of drug-likeness (QED) is 0.693.